The van der Waals surface area contributed by atoms with E-state index in [4.69, 9.17) is 0 Å². The van der Waals surface area contributed by atoms with Crippen LogP contribution in [0, 0.1) is 13.8 Å². The van der Waals surface area contributed by atoms with Crippen LogP contribution in [0.4, 0.5) is 0 Å². The zero-order valence-corrected chi connectivity index (χ0v) is 18.5. The molecule has 3 rings (SSSR count). The molecule has 1 amide bonds. The molecule has 0 N–H and O–H groups in total. The van der Waals surface area contributed by atoms with E-state index in [0.29, 0.717) is 43.7 Å². The fourth-order valence-corrected chi connectivity index (χ4v) is 6.21. The highest BCUT2D eigenvalue weighted by Gasteiger charge is 2.36. The van der Waals surface area contributed by atoms with Crippen LogP contribution in [-0.2, 0) is 14.8 Å². The molecule has 28 heavy (non-hydrogen) atoms. The van der Waals surface area contributed by atoms with Crippen LogP contribution in [0.5, 0.6) is 0 Å². The fraction of sp³-hybridized carbons (Fsp3) is 0.667. The van der Waals surface area contributed by atoms with Gasteiger partial charge in [-0.25, -0.2) is 8.42 Å². The molecular formula is C21H34N3O3S+. The number of amides is 1. The van der Waals surface area contributed by atoms with Crippen molar-refractivity contribution in [3.05, 3.63) is 29.3 Å². The van der Waals surface area contributed by atoms with Gasteiger partial charge in [0.25, 0.3) is 5.91 Å². The summed E-state index contributed by atoms with van der Waals surface area (Å²) >= 11 is 0. The number of carbonyl (C=O) groups is 1. The molecule has 1 aliphatic heterocycles. The fourth-order valence-electron chi connectivity index (χ4n) is 4.59. The van der Waals surface area contributed by atoms with Crippen molar-refractivity contribution in [2.75, 3.05) is 46.8 Å². The minimum Gasteiger partial charge on any atom is -0.335 e. The average molecular weight is 409 g/mol. The van der Waals surface area contributed by atoms with Gasteiger partial charge in [-0.1, -0.05) is 17.7 Å². The molecule has 1 aromatic rings. The van der Waals surface area contributed by atoms with Gasteiger partial charge in [-0.05, 0) is 51.2 Å². The number of sulfonamides is 1. The highest BCUT2D eigenvalue weighted by molar-refractivity contribution is 7.89. The molecule has 2 fully saturated rings. The van der Waals surface area contributed by atoms with Crippen molar-refractivity contribution < 1.29 is 17.7 Å². The van der Waals surface area contributed by atoms with Crippen molar-refractivity contribution in [3.8, 4) is 0 Å². The van der Waals surface area contributed by atoms with E-state index in [9.17, 15) is 13.2 Å². The number of hydrogen-bond donors (Lipinski definition) is 0. The van der Waals surface area contributed by atoms with Gasteiger partial charge in [0.15, 0.2) is 6.54 Å². The molecule has 0 atom stereocenters. The van der Waals surface area contributed by atoms with Crippen molar-refractivity contribution in [2.45, 2.75) is 50.5 Å². The molecule has 7 heteroatoms. The van der Waals surface area contributed by atoms with E-state index in [-0.39, 0.29) is 5.91 Å². The predicted molar refractivity (Wildman–Crippen MR) is 110 cm³/mol. The van der Waals surface area contributed by atoms with E-state index in [1.807, 2.05) is 30.9 Å². The molecule has 0 bridgehead atoms. The van der Waals surface area contributed by atoms with E-state index in [1.165, 1.54) is 30.0 Å². The van der Waals surface area contributed by atoms with Crippen LogP contribution in [0.1, 0.15) is 36.8 Å². The van der Waals surface area contributed by atoms with Gasteiger partial charge in [-0.15, -0.1) is 0 Å². The number of rotatable bonds is 5. The Labute approximate surface area is 169 Å². The van der Waals surface area contributed by atoms with E-state index in [2.05, 4.69) is 14.1 Å². The van der Waals surface area contributed by atoms with Gasteiger partial charge in [0.05, 0.1) is 25.0 Å². The van der Waals surface area contributed by atoms with Crippen LogP contribution < -0.4 is 0 Å². The monoisotopic (exact) mass is 408 g/mol. The van der Waals surface area contributed by atoms with Crippen molar-refractivity contribution in [1.82, 2.24) is 9.21 Å². The SMILES string of the molecule is Cc1ccc(S(=O)(=O)N2CCN(C(=O)C[N+](C)(C)C3CCCC3)CC2)c(C)c1. The van der Waals surface area contributed by atoms with Crippen LogP contribution in [0.3, 0.4) is 0 Å². The standard InChI is InChI=1S/C21H34N3O3S/c1-17-9-10-20(18(2)15-17)28(26,27)23-13-11-22(12-14-23)21(25)16-24(3,4)19-7-5-6-8-19/h9-10,15,19H,5-8,11-14,16H2,1-4H3/q+1. The molecule has 0 unspecified atom stereocenters. The van der Waals surface area contributed by atoms with Gasteiger partial charge in [0.1, 0.15) is 0 Å². The second-order valence-corrected chi connectivity index (χ2v) is 10.8. The van der Waals surface area contributed by atoms with Gasteiger partial charge in [-0.2, -0.15) is 4.31 Å². The Hall–Kier alpha value is -1.44. The van der Waals surface area contributed by atoms with Gasteiger partial charge >= 0.3 is 0 Å². The Morgan fingerprint density at radius 3 is 2.25 bits per heavy atom. The molecule has 1 aromatic carbocycles. The molecule has 6 nitrogen and oxygen atoms in total. The third kappa shape index (κ3) is 4.42. The number of likely N-dealkylation sites (N-methyl/N-ethyl adjacent to an activating group) is 1. The van der Waals surface area contributed by atoms with Crippen LogP contribution in [0.25, 0.3) is 0 Å². The molecule has 0 radical (unpaired) electrons. The molecule has 1 saturated carbocycles. The second-order valence-electron chi connectivity index (χ2n) is 8.93. The average Bonchev–Trinajstić information content (AvgIpc) is 3.17. The molecule has 156 valence electrons. The van der Waals surface area contributed by atoms with Gasteiger partial charge in [-0.3, -0.25) is 4.79 Å². The lowest BCUT2D eigenvalue weighted by Crippen LogP contribution is -2.57. The Morgan fingerprint density at radius 2 is 1.68 bits per heavy atom. The Bertz CT molecular complexity index is 821. The van der Waals surface area contributed by atoms with E-state index < -0.39 is 10.0 Å². The van der Waals surface area contributed by atoms with Crippen molar-refractivity contribution in [1.29, 1.82) is 0 Å². The summed E-state index contributed by atoms with van der Waals surface area (Å²) in [6.07, 6.45) is 4.91. The van der Waals surface area contributed by atoms with Crippen LogP contribution in [0.2, 0.25) is 0 Å². The lowest BCUT2D eigenvalue weighted by molar-refractivity contribution is -0.907. The lowest BCUT2D eigenvalue weighted by atomic mass is 10.2. The topological polar surface area (TPSA) is 57.7 Å². The molecular weight excluding hydrogens is 374 g/mol. The number of hydrogen-bond acceptors (Lipinski definition) is 3. The highest BCUT2D eigenvalue weighted by atomic mass is 32.2. The number of quaternary nitrogens is 1. The van der Waals surface area contributed by atoms with E-state index in [0.717, 1.165) is 15.6 Å². The van der Waals surface area contributed by atoms with Crippen LogP contribution in [0.15, 0.2) is 23.1 Å². The zero-order valence-electron chi connectivity index (χ0n) is 17.6. The predicted octanol–water partition coefficient (Wildman–Crippen LogP) is 2.16. The summed E-state index contributed by atoms with van der Waals surface area (Å²) in [5.74, 6) is 0.139. The third-order valence-corrected chi connectivity index (χ3v) is 8.45. The Kier molecular flexibility index (Phi) is 6.17. The summed E-state index contributed by atoms with van der Waals surface area (Å²) in [5.41, 5.74) is 1.82. The van der Waals surface area contributed by atoms with Crippen molar-refractivity contribution in [3.63, 3.8) is 0 Å². The molecule has 1 aliphatic carbocycles. The Morgan fingerprint density at radius 1 is 1.07 bits per heavy atom. The largest absolute Gasteiger partial charge is 0.335 e. The number of aryl methyl sites for hydroxylation is 2. The maximum atomic E-state index is 13.0. The van der Waals surface area contributed by atoms with E-state index in [1.54, 1.807) is 6.07 Å². The van der Waals surface area contributed by atoms with Gasteiger partial charge in [0.2, 0.25) is 10.0 Å². The number of nitrogens with zero attached hydrogens (tertiary/aromatic N) is 3. The maximum Gasteiger partial charge on any atom is 0.277 e. The lowest BCUT2D eigenvalue weighted by Gasteiger charge is -2.39. The number of benzene rings is 1. The minimum absolute atomic E-state index is 0.139. The highest BCUT2D eigenvalue weighted by Crippen LogP contribution is 2.27. The van der Waals surface area contributed by atoms with Crippen molar-refractivity contribution in [2.24, 2.45) is 0 Å². The normalized spacial score (nSPS) is 19.9. The first-order valence-electron chi connectivity index (χ1n) is 10.3. The van der Waals surface area contributed by atoms with Gasteiger partial charge in [0, 0.05) is 26.2 Å². The summed E-state index contributed by atoms with van der Waals surface area (Å²) < 4.78 is 28.3. The minimum atomic E-state index is -3.52. The molecule has 0 spiro atoms. The van der Waals surface area contributed by atoms with Crippen LogP contribution in [-0.4, -0.2) is 80.9 Å². The summed E-state index contributed by atoms with van der Waals surface area (Å²) in [6.45, 7) is 5.94. The van der Waals surface area contributed by atoms with Crippen molar-refractivity contribution >= 4 is 15.9 Å². The van der Waals surface area contributed by atoms with Gasteiger partial charge < -0.3 is 9.38 Å². The van der Waals surface area contributed by atoms with Crippen LogP contribution >= 0.6 is 0 Å². The second kappa shape index (κ2) is 8.13. The summed E-state index contributed by atoms with van der Waals surface area (Å²) in [6, 6.07) is 5.99. The zero-order chi connectivity index (χ0) is 20.5. The quantitative estimate of drug-likeness (QED) is 0.702. The molecule has 0 aromatic heterocycles. The smallest absolute Gasteiger partial charge is 0.277 e. The molecule has 2 aliphatic rings. The molecule has 1 heterocycles. The summed E-state index contributed by atoms with van der Waals surface area (Å²) in [4.78, 5) is 15.0. The third-order valence-electron chi connectivity index (χ3n) is 6.40. The summed E-state index contributed by atoms with van der Waals surface area (Å²) in [5, 5.41) is 0. The molecule has 1 saturated heterocycles. The first kappa shape index (κ1) is 21.3. The summed E-state index contributed by atoms with van der Waals surface area (Å²) in [7, 11) is 0.780. The Balaban J connectivity index is 1.61. The first-order valence-corrected chi connectivity index (χ1v) is 11.7. The number of piperazine rings is 1. The van der Waals surface area contributed by atoms with E-state index >= 15 is 0 Å². The maximum absolute atomic E-state index is 13.0. The first-order chi connectivity index (χ1) is 13.1. The number of carbonyl (C=O) groups excluding carboxylic acids is 1.